The first-order valence-electron chi connectivity index (χ1n) is 8.09. The van der Waals surface area contributed by atoms with Crippen LogP contribution in [-0.4, -0.2) is 22.2 Å². The number of aromatic nitrogens is 2. The van der Waals surface area contributed by atoms with Crippen LogP contribution in [0, 0.1) is 0 Å². The molecule has 0 atom stereocenters. The van der Waals surface area contributed by atoms with Gasteiger partial charge in [0.05, 0.1) is 11.4 Å². The number of para-hydroxylation sites is 1. The van der Waals surface area contributed by atoms with Gasteiger partial charge in [-0.3, -0.25) is 9.48 Å². The van der Waals surface area contributed by atoms with Crippen LogP contribution in [0.15, 0.2) is 69.3 Å². The first-order valence-corrected chi connectivity index (χ1v) is 8.97. The normalized spacial score (nSPS) is 10.9. The second kappa shape index (κ2) is 6.97. The van der Waals surface area contributed by atoms with Crippen LogP contribution >= 0.6 is 11.3 Å². The number of nitrogens with one attached hydrogen (secondary N) is 1. The summed E-state index contributed by atoms with van der Waals surface area (Å²) >= 11 is 1.63. The summed E-state index contributed by atoms with van der Waals surface area (Å²) < 4.78 is 6.95. The molecule has 4 aromatic rings. The van der Waals surface area contributed by atoms with E-state index in [4.69, 9.17) is 4.42 Å². The molecule has 0 fully saturated rings. The van der Waals surface area contributed by atoms with E-state index < -0.39 is 11.5 Å². The van der Waals surface area contributed by atoms with Crippen LogP contribution in [0.2, 0.25) is 0 Å². The first-order chi connectivity index (χ1) is 12.7. The van der Waals surface area contributed by atoms with Gasteiger partial charge < -0.3 is 9.73 Å². The Bertz CT molecular complexity index is 1110. The van der Waals surface area contributed by atoms with Crippen LogP contribution < -0.4 is 10.9 Å². The van der Waals surface area contributed by atoms with Gasteiger partial charge in [0.2, 0.25) is 0 Å². The Hall–Kier alpha value is -3.19. The van der Waals surface area contributed by atoms with Crippen LogP contribution in [0.4, 0.5) is 0 Å². The summed E-state index contributed by atoms with van der Waals surface area (Å²) in [6, 6.07) is 14.6. The average Bonchev–Trinajstić information content (AvgIpc) is 3.32. The minimum atomic E-state index is -0.639. The van der Waals surface area contributed by atoms with Gasteiger partial charge in [0, 0.05) is 18.1 Å². The van der Waals surface area contributed by atoms with Crippen molar-refractivity contribution in [2.75, 3.05) is 6.54 Å². The molecule has 0 unspecified atom stereocenters. The number of rotatable bonds is 5. The van der Waals surface area contributed by atoms with Crippen LogP contribution in [0.1, 0.15) is 10.4 Å². The average molecular weight is 365 g/mol. The lowest BCUT2D eigenvalue weighted by Gasteiger charge is -2.05. The van der Waals surface area contributed by atoms with Gasteiger partial charge in [-0.15, -0.1) is 11.3 Å². The van der Waals surface area contributed by atoms with Crippen molar-refractivity contribution in [2.24, 2.45) is 0 Å². The van der Waals surface area contributed by atoms with Gasteiger partial charge in [0.25, 0.3) is 5.91 Å². The summed E-state index contributed by atoms with van der Waals surface area (Å²) in [6.45, 7) is 0.868. The van der Waals surface area contributed by atoms with Crippen molar-refractivity contribution >= 4 is 28.2 Å². The number of benzene rings is 1. The minimum absolute atomic E-state index is 0.00319. The van der Waals surface area contributed by atoms with E-state index in [-0.39, 0.29) is 5.56 Å². The summed E-state index contributed by atoms with van der Waals surface area (Å²) in [5.74, 6) is -0.449. The molecule has 6 nitrogen and oxygen atoms in total. The Morgan fingerprint density at radius 1 is 1.19 bits per heavy atom. The van der Waals surface area contributed by atoms with Crippen molar-refractivity contribution in [2.45, 2.75) is 6.54 Å². The highest BCUT2D eigenvalue weighted by molar-refractivity contribution is 7.13. The van der Waals surface area contributed by atoms with Gasteiger partial charge in [0.15, 0.2) is 0 Å². The predicted octanol–water partition coefficient (Wildman–Crippen LogP) is 3.15. The Morgan fingerprint density at radius 3 is 2.92 bits per heavy atom. The van der Waals surface area contributed by atoms with E-state index in [2.05, 4.69) is 10.4 Å². The fourth-order valence-corrected chi connectivity index (χ4v) is 3.33. The number of nitrogens with zero attached hydrogens (tertiary/aromatic N) is 2. The summed E-state index contributed by atoms with van der Waals surface area (Å²) in [5, 5.41) is 9.93. The number of hydrogen-bond acceptors (Lipinski definition) is 5. The Kier molecular flexibility index (Phi) is 4.37. The van der Waals surface area contributed by atoms with Crippen LogP contribution in [0.25, 0.3) is 21.5 Å². The van der Waals surface area contributed by atoms with Crippen molar-refractivity contribution in [1.82, 2.24) is 15.1 Å². The maximum Gasteiger partial charge on any atom is 0.349 e. The molecule has 3 aromatic heterocycles. The van der Waals surface area contributed by atoms with E-state index in [0.29, 0.717) is 24.1 Å². The monoisotopic (exact) mass is 365 g/mol. The third kappa shape index (κ3) is 3.29. The molecule has 0 saturated heterocycles. The second-order valence-electron chi connectivity index (χ2n) is 5.68. The number of amides is 1. The van der Waals surface area contributed by atoms with E-state index in [9.17, 15) is 9.59 Å². The predicted molar refractivity (Wildman–Crippen MR) is 100 cm³/mol. The molecule has 0 aliphatic rings. The van der Waals surface area contributed by atoms with E-state index in [1.54, 1.807) is 40.3 Å². The maximum atomic E-state index is 12.3. The van der Waals surface area contributed by atoms with E-state index >= 15 is 0 Å². The molecule has 1 aromatic carbocycles. The SMILES string of the molecule is O=C(NCCn1ccc(-c2cccs2)n1)c1cc2ccccc2oc1=O. The molecule has 0 bridgehead atoms. The molecule has 0 saturated carbocycles. The molecule has 0 aliphatic carbocycles. The van der Waals surface area contributed by atoms with Gasteiger partial charge in [-0.2, -0.15) is 5.10 Å². The third-order valence-corrected chi connectivity index (χ3v) is 4.82. The number of fused-ring (bicyclic) bond motifs is 1. The van der Waals surface area contributed by atoms with E-state index in [1.807, 2.05) is 35.8 Å². The Morgan fingerprint density at radius 2 is 2.08 bits per heavy atom. The molecule has 0 spiro atoms. The Labute approximate surface area is 152 Å². The number of thiophene rings is 1. The van der Waals surface area contributed by atoms with Crippen LogP contribution in [0.5, 0.6) is 0 Å². The highest BCUT2D eigenvalue weighted by Crippen LogP contribution is 2.22. The molecular weight excluding hydrogens is 350 g/mol. The largest absolute Gasteiger partial charge is 0.422 e. The summed E-state index contributed by atoms with van der Waals surface area (Å²) in [6.07, 6.45) is 1.87. The highest BCUT2D eigenvalue weighted by Gasteiger charge is 2.13. The maximum absolute atomic E-state index is 12.3. The zero-order valence-electron chi connectivity index (χ0n) is 13.7. The Balaban J connectivity index is 1.41. The fourth-order valence-electron chi connectivity index (χ4n) is 2.64. The van der Waals surface area contributed by atoms with Crippen molar-refractivity contribution in [3.05, 3.63) is 76.1 Å². The lowest BCUT2D eigenvalue weighted by Crippen LogP contribution is -2.31. The number of hydrogen-bond donors (Lipinski definition) is 1. The molecule has 7 heteroatoms. The summed E-state index contributed by atoms with van der Waals surface area (Å²) in [4.78, 5) is 25.4. The van der Waals surface area contributed by atoms with Crippen molar-refractivity contribution in [1.29, 1.82) is 0 Å². The van der Waals surface area contributed by atoms with Gasteiger partial charge >= 0.3 is 5.63 Å². The lowest BCUT2D eigenvalue weighted by atomic mass is 10.2. The first kappa shape index (κ1) is 16.3. The minimum Gasteiger partial charge on any atom is -0.422 e. The molecule has 1 N–H and O–H groups in total. The second-order valence-corrected chi connectivity index (χ2v) is 6.63. The topological polar surface area (TPSA) is 77.1 Å². The fraction of sp³-hybridized carbons (Fsp3) is 0.105. The summed E-state index contributed by atoms with van der Waals surface area (Å²) in [7, 11) is 0. The zero-order chi connectivity index (χ0) is 17.9. The van der Waals surface area contributed by atoms with Crippen molar-refractivity contribution < 1.29 is 9.21 Å². The van der Waals surface area contributed by atoms with Crippen molar-refractivity contribution in [3.63, 3.8) is 0 Å². The van der Waals surface area contributed by atoms with Gasteiger partial charge in [0.1, 0.15) is 16.8 Å². The molecule has 0 aliphatic heterocycles. The van der Waals surface area contributed by atoms with E-state index in [1.165, 1.54) is 0 Å². The molecule has 0 radical (unpaired) electrons. The highest BCUT2D eigenvalue weighted by atomic mass is 32.1. The standard InChI is InChI=1S/C19H15N3O3S/c23-18(14-12-13-4-1-2-5-16(13)25-19(14)24)20-8-10-22-9-7-15(21-22)17-6-3-11-26-17/h1-7,9,11-12H,8,10H2,(H,20,23). The summed E-state index contributed by atoms with van der Waals surface area (Å²) in [5.41, 5.74) is 0.733. The zero-order valence-corrected chi connectivity index (χ0v) is 14.5. The molecule has 1 amide bonds. The molecule has 26 heavy (non-hydrogen) atoms. The van der Waals surface area contributed by atoms with E-state index in [0.717, 1.165) is 10.6 Å². The number of carbonyl (C=O) groups is 1. The van der Waals surface area contributed by atoms with Crippen LogP contribution in [-0.2, 0) is 6.54 Å². The van der Waals surface area contributed by atoms with Gasteiger partial charge in [-0.1, -0.05) is 24.3 Å². The molecule has 3 heterocycles. The van der Waals surface area contributed by atoms with Gasteiger partial charge in [-0.25, -0.2) is 4.79 Å². The van der Waals surface area contributed by atoms with Gasteiger partial charge in [-0.05, 0) is 29.6 Å². The molecular formula is C19H15N3O3S. The molecule has 4 rings (SSSR count). The lowest BCUT2D eigenvalue weighted by molar-refractivity contribution is 0.0948. The smallest absolute Gasteiger partial charge is 0.349 e. The number of carbonyl (C=O) groups excluding carboxylic acids is 1. The molecule has 130 valence electrons. The third-order valence-electron chi connectivity index (χ3n) is 3.93. The van der Waals surface area contributed by atoms with Crippen LogP contribution in [0.3, 0.4) is 0 Å². The van der Waals surface area contributed by atoms with Crippen molar-refractivity contribution in [3.8, 4) is 10.6 Å². The quantitative estimate of drug-likeness (QED) is 0.551.